The minimum atomic E-state index is -0.226. The van der Waals surface area contributed by atoms with Crippen molar-refractivity contribution >= 4 is 11.8 Å². The highest BCUT2D eigenvalue weighted by atomic mass is 16.5. The van der Waals surface area contributed by atoms with Crippen molar-refractivity contribution in [1.29, 1.82) is 0 Å². The lowest BCUT2D eigenvalue weighted by Gasteiger charge is -2.14. The van der Waals surface area contributed by atoms with Crippen molar-refractivity contribution in [2.24, 2.45) is 0 Å². The zero-order valence-corrected chi connectivity index (χ0v) is 13.4. The van der Waals surface area contributed by atoms with Gasteiger partial charge in [-0.3, -0.25) is 9.59 Å². The zero-order chi connectivity index (χ0) is 15.3. The molecule has 0 fully saturated rings. The Morgan fingerprint density at radius 3 is 2.38 bits per heavy atom. The summed E-state index contributed by atoms with van der Waals surface area (Å²) in [6, 6.07) is 0. The number of esters is 1. The number of carbonyl (C=O) groups is 2. The predicted octanol–water partition coefficient (Wildman–Crippen LogP) is 4.74. The van der Waals surface area contributed by atoms with E-state index in [1.165, 1.54) is 0 Å². The lowest BCUT2D eigenvalue weighted by atomic mass is 10.0. The van der Waals surface area contributed by atoms with Crippen LogP contribution in [0.5, 0.6) is 0 Å². The van der Waals surface area contributed by atoms with Crippen LogP contribution in [0.3, 0.4) is 0 Å². The lowest BCUT2D eigenvalue weighted by molar-refractivity contribution is -0.147. The number of unbranched alkanes of at least 4 members (excludes halogenated alkanes) is 2. The highest BCUT2D eigenvalue weighted by Gasteiger charge is 2.12. The minimum Gasteiger partial charge on any atom is -0.458 e. The summed E-state index contributed by atoms with van der Waals surface area (Å²) in [5, 5.41) is 0. The maximum Gasteiger partial charge on any atom is 0.306 e. The van der Waals surface area contributed by atoms with Crippen molar-refractivity contribution < 1.29 is 14.3 Å². The number of hydrogen-bond acceptors (Lipinski definition) is 3. The molecule has 0 radical (unpaired) electrons. The van der Waals surface area contributed by atoms with Crippen LogP contribution in [-0.4, -0.2) is 17.9 Å². The fourth-order valence-electron chi connectivity index (χ4n) is 2.59. The maximum absolute atomic E-state index is 11.8. The second kappa shape index (κ2) is 11.5. The monoisotopic (exact) mass is 294 g/mol. The Balaban J connectivity index is 2.55. The number of rotatable bonds is 4. The van der Waals surface area contributed by atoms with E-state index < -0.39 is 0 Å². The summed E-state index contributed by atoms with van der Waals surface area (Å²) in [4.78, 5) is 23.6. The number of carbonyl (C=O) groups excluding carboxylic acids is 2. The highest BCUT2D eigenvalue weighted by molar-refractivity contribution is 5.89. The Hall–Kier alpha value is -1.12. The van der Waals surface area contributed by atoms with Crippen molar-refractivity contribution in [3.8, 4) is 0 Å². The first-order valence-electron chi connectivity index (χ1n) is 8.63. The van der Waals surface area contributed by atoms with Gasteiger partial charge in [-0.1, -0.05) is 45.4 Å². The third kappa shape index (κ3) is 9.43. The first-order valence-corrected chi connectivity index (χ1v) is 8.63. The molecule has 1 atom stereocenters. The number of hydrogen-bond donors (Lipinski definition) is 0. The molecule has 3 heteroatoms. The standard InChI is InChI=1S/C18H30O3/c1-2-3-8-12-17-15-14-16(19)11-9-6-4-5-7-10-13-18(20)21-17/h14-15,17H,2-13H2,1H3/t17-/m0/s1. The zero-order valence-electron chi connectivity index (χ0n) is 13.4. The van der Waals surface area contributed by atoms with Crippen molar-refractivity contribution in [3.05, 3.63) is 12.2 Å². The second-order valence-electron chi connectivity index (χ2n) is 5.97. The Kier molecular flexibility index (Phi) is 9.84. The molecule has 0 aromatic rings. The SMILES string of the molecule is CCCCC[C@H]1C=CC(=O)CCCCCCCCC(=O)O1. The molecule has 0 spiro atoms. The molecule has 120 valence electrons. The van der Waals surface area contributed by atoms with E-state index in [1.807, 2.05) is 0 Å². The molecule has 0 saturated carbocycles. The smallest absolute Gasteiger partial charge is 0.306 e. The molecule has 0 aromatic carbocycles. The normalized spacial score (nSPS) is 22.6. The average molecular weight is 294 g/mol. The van der Waals surface area contributed by atoms with Crippen LogP contribution < -0.4 is 0 Å². The topological polar surface area (TPSA) is 43.4 Å². The van der Waals surface area contributed by atoms with Crippen molar-refractivity contribution in [2.75, 3.05) is 0 Å². The van der Waals surface area contributed by atoms with Crippen molar-refractivity contribution in [1.82, 2.24) is 0 Å². The van der Waals surface area contributed by atoms with Gasteiger partial charge in [0.25, 0.3) is 0 Å². The van der Waals surface area contributed by atoms with Crippen molar-refractivity contribution in [3.63, 3.8) is 0 Å². The van der Waals surface area contributed by atoms with Gasteiger partial charge in [0.15, 0.2) is 5.78 Å². The molecule has 0 unspecified atom stereocenters. The number of cyclic esters (lactones) is 1. The summed E-state index contributed by atoms with van der Waals surface area (Å²) in [5.74, 6) is 0.0363. The van der Waals surface area contributed by atoms with Gasteiger partial charge in [-0.05, 0) is 37.8 Å². The molecule has 0 aliphatic carbocycles. The molecule has 0 bridgehead atoms. The fourth-order valence-corrected chi connectivity index (χ4v) is 2.59. The Labute approximate surface area is 129 Å². The molecule has 0 saturated heterocycles. The van der Waals surface area contributed by atoms with Crippen LogP contribution in [-0.2, 0) is 14.3 Å². The molecule has 3 nitrogen and oxygen atoms in total. The quantitative estimate of drug-likeness (QED) is 0.555. The molecule has 0 amide bonds. The van der Waals surface area contributed by atoms with Gasteiger partial charge in [0, 0.05) is 12.8 Å². The van der Waals surface area contributed by atoms with Gasteiger partial charge >= 0.3 is 5.97 Å². The van der Waals surface area contributed by atoms with E-state index in [4.69, 9.17) is 4.74 Å². The molecular formula is C18H30O3. The van der Waals surface area contributed by atoms with E-state index >= 15 is 0 Å². The number of ketones is 1. The van der Waals surface area contributed by atoms with Gasteiger partial charge < -0.3 is 4.74 Å². The van der Waals surface area contributed by atoms with Gasteiger partial charge in [-0.15, -0.1) is 0 Å². The molecule has 0 aromatic heterocycles. The highest BCUT2D eigenvalue weighted by Crippen LogP contribution is 2.14. The summed E-state index contributed by atoms with van der Waals surface area (Å²) in [6.07, 6.45) is 14.8. The molecule has 1 aliphatic rings. The first kappa shape index (κ1) is 17.9. The van der Waals surface area contributed by atoms with Crippen LogP contribution in [0.2, 0.25) is 0 Å². The Morgan fingerprint density at radius 1 is 1.00 bits per heavy atom. The van der Waals surface area contributed by atoms with Crippen molar-refractivity contribution in [2.45, 2.75) is 90.1 Å². The summed E-state index contributed by atoms with van der Waals surface area (Å²) >= 11 is 0. The van der Waals surface area contributed by atoms with Crippen LogP contribution >= 0.6 is 0 Å². The van der Waals surface area contributed by atoms with Crippen LogP contribution in [0.15, 0.2) is 12.2 Å². The molecule has 0 N–H and O–H groups in total. The second-order valence-corrected chi connectivity index (χ2v) is 5.97. The summed E-state index contributed by atoms with van der Waals surface area (Å²) in [5.41, 5.74) is 0. The first-order chi connectivity index (χ1) is 10.2. The van der Waals surface area contributed by atoms with Gasteiger partial charge in [-0.25, -0.2) is 0 Å². The molecule has 21 heavy (non-hydrogen) atoms. The van der Waals surface area contributed by atoms with Crippen LogP contribution in [0.4, 0.5) is 0 Å². The van der Waals surface area contributed by atoms with Gasteiger partial charge in [-0.2, -0.15) is 0 Å². The van der Waals surface area contributed by atoms with E-state index in [-0.39, 0.29) is 17.9 Å². The number of allylic oxidation sites excluding steroid dienone is 1. The summed E-state index contributed by atoms with van der Waals surface area (Å²) in [7, 11) is 0. The largest absolute Gasteiger partial charge is 0.458 e. The van der Waals surface area contributed by atoms with Crippen LogP contribution in [0, 0.1) is 0 Å². The molecule has 1 aliphatic heterocycles. The number of ether oxygens (including phenoxy) is 1. The van der Waals surface area contributed by atoms with Gasteiger partial charge in [0.2, 0.25) is 0 Å². The van der Waals surface area contributed by atoms with E-state index in [2.05, 4.69) is 6.92 Å². The van der Waals surface area contributed by atoms with Crippen LogP contribution in [0.25, 0.3) is 0 Å². The predicted molar refractivity (Wildman–Crippen MR) is 85.1 cm³/mol. The van der Waals surface area contributed by atoms with E-state index in [1.54, 1.807) is 12.2 Å². The third-order valence-electron chi connectivity index (χ3n) is 3.93. The van der Waals surface area contributed by atoms with Gasteiger partial charge in [0.05, 0.1) is 0 Å². The van der Waals surface area contributed by atoms with E-state index in [0.717, 1.165) is 64.2 Å². The minimum absolute atomic E-state index is 0.120. The Bertz CT molecular complexity index is 333. The van der Waals surface area contributed by atoms with E-state index in [9.17, 15) is 9.59 Å². The van der Waals surface area contributed by atoms with E-state index in [0.29, 0.717) is 12.8 Å². The maximum atomic E-state index is 11.8. The third-order valence-corrected chi connectivity index (χ3v) is 3.93. The Morgan fingerprint density at radius 2 is 1.67 bits per heavy atom. The summed E-state index contributed by atoms with van der Waals surface area (Å²) in [6.45, 7) is 2.15. The molecule has 1 heterocycles. The fraction of sp³-hybridized carbons (Fsp3) is 0.778. The molecule has 1 rings (SSSR count). The van der Waals surface area contributed by atoms with Crippen LogP contribution in [0.1, 0.15) is 84.0 Å². The molecular weight excluding hydrogens is 264 g/mol. The van der Waals surface area contributed by atoms with Gasteiger partial charge in [0.1, 0.15) is 6.10 Å². The average Bonchev–Trinajstić information content (AvgIpc) is 2.46. The summed E-state index contributed by atoms with van der Waals surface area (Å²) < 4.78 is 5.51. The lowest BCUT2D eigenvalue weighted by Crippen LogP contribution is -2.16.